The molecule has 1 aromatic carbocycles. The van der Waals surface area contributed by atoms with Crippen molar-refractivity contribution < 1.29 is 41.4 Å². The number of benzene rings is 1. The van der Waals surface area contributed by atoms with Gasteiger partial charge < -0.3 is 19.6 Å². The van der Waals surface area contributed by atoms with E-state index in [4.69, 9.17) is 14.6 Å². The van der Waals surface area contributed by atoms with E-state index in [0.29, 0.717) is 19.7 Å². The maximum atomic E-state index is 13.3. The van der Waals surface area contributed by atoms with Crippen molar-refractivity contribution in [3.63, 3.8) is 0 Å². The molecular weight excluding hydrogens is 391 g/mol. The molecule has 0 saturated carbocycles. The van der Waals surface area contributed by atoms with Gasteiger partial charge in [-0.05, 0) is 25.2 Å². The van der Waals surface area contributed by atoms with Crippen LogP contribution in [-0.2, 0) is 9.53 Å². The first-order valence-electron chi connectivity index (χ1n) is 8.33. The molecule has 0 radical (unpaired) electrons. The molecule has 156 valence electrons. The SMILES string of the molecule is CN1CCO[C@@H]2CN(C(=O)c3ccc(F)c(F)c3)C[C@@H]2C1.O=C(O)C(F)(F)F. The van der Waals surface area contributed by atoms with Crippen LogP contribution >= 0.6 is 0 Å². The van der Waals surface area contributed by atoms with Gasteiger partial charge in [0, 0.05) is 37.7 Å². The van der Waals surface area contributed by atoms with Crippen molar-refractivity contribution in [2.75, 3.05) is 39.8 Å². The number of carboxylic acids is 1. The van der Waals surface area contributed by atoms with Gasteiger partial charge in [0.2, 0.25) is 0 Å². The summed E-state index contributed by atoms with van der Waals surface area (Å²) in [6.45, 7) is 3.53. The van der Waals surface area contributed by atoms with Gasteiger partial charge in [0.15, 0.2) is 11.6 Å². The Labute approximate surface area is 157 Å². The number of aliphatic carboxylic acids is 1. The lowest BCUT2D eigenvalue weighted by molar-refractivity contribution is -0.192. The highest BCUT2D eigenvalue weighted by molar-refractivity contribution is 5.94. The van der Waals surface area contributed by atoms with Gasteiger partial charge in [-0.15, -0.1) is 0 Å². The van der Waals surface area contributed by atoms with Crippen LogP contribution in [0.15, 0.2) is 18.2 Å². The van der Waals surface area contributed by atoms with Crippen molar-refractivity contribution in [3.8, 4) is 0 Å². The molecule has 28 heavy (non-hydrogen) atoms. The first kappa shape index (κ1) is 22.0. The quantitative estimate of drug-likeness (QED) is 0.718. The van der Waals surface area contributed by atoms with E-state index >= 15 is 0 Å². The molecule has 11 heteroatoms. The van der Waals surface area contributed by atoms with Gasteiger partial charge in [-0.3, -0.25) is 4.79 Å². The molecule has 0 unspecified atom stereocenters. The summed E-state index contributed by atoms with van der Waals surface area (Å²) < 4.78 is 63.7. The van der Waals surface area contributed by atoms with Crippen LogP contribution in [0.5, 0.6) is 0 Å². The molecule has 2 atom stereocenters. The van der Waals surface area contributed by atoms with Gasteiger partial charge in [0.25, 0.3) is 5.91 Å². The highest BCUT2D eigenvalue weighted by atomic mass is 19.4. The summed E-state index contributed by atoms with van der Waals surface area (Å²) >= 11 is 0. The van der Waals surface area contributed by atoms with Crippen LogP contribution in [0.2, 0.25) is 0 Å². The Morgan fingerprint density at radius 1 is 1.14 bits per heavy atom. The lowest BCUT2D eigenvalue weighted by atomic mass is 10.1. The van der Waals surface area contributed by atoms with Crippen molar-refractivity contribution >= 4 is 11.9 Å². The fraction of sp³-hybridized carbons (Fsp3) is 0.529. The molecule has 2 fully saturated rings. The number of likely N-dealkylation sites (tertiary alicyclic amines) is 1. The number of alkyl halides is 3. The Kier molecular flexibility index (Phi) is 6.94. The maximum Gasteiger partial charge on any atom is 0.490 e. The second kappa shape index (κ2) is 8.82. The minimum atomic E-state index is -5.08. The van der Waals surface area contributed by atoms with Crippen LogP contribution in [-0.4, -0.2) is 78.9 Å². The van der Waals surface area contributed by atoms with E-state index in [9.17, 15) is 26.7 Å². The van der Waals surface area contributed by atoms with E-state index in [-0.39, 0.29) is 23.5 Å². The molecule has 1 amide bonds. The standard InChI is InChI=1S/C15H18F2N2O2.C2HF3O2/c1-18-4-5-21-14-9-19(8-11(14)7-18)15(20)10-2-3-12(16)13(17)6-10;3-2(4,5)1(6)7/h2-3,6,11,14H,4-5,7-9H2,1H3;(H,6,7)/t11-,14+;/m0./s1. The van der Waals surface area contributed by atoms with Gasteiger partial charge in [-0.1, -0.05) is 0 Å². The van der Waals surface area contributed by atoms with Gasteiger partial charge in [-0.25, -0.2) is 13.6 Å². The topological polar surface area (TPSA) is 70.1 Å². The second-order valence-electron chi connectivity index (χ2n) is 6.57. The Morgan fingerprint density at radius 2 is 1.79 bits per heavy atom. The number of ether oxygens (including phenoxy) is 1. The fourth-order valence-electron chi connectivity index (χ4n) is 3.03. The summed E-state index contributed by atoms with van der Waals surface area (Å²) in [6.07, 6.45) is -5.05. The van der Waals surface area contributed by atoms with Crippen LogP contribution in [0.4, 0.5) is 22.0 Å². The molecule has 0 aliphatic carbocycles. The number of fused-ring (bicyclic) bond motifs is 1. The summed E-state index contributed by atoms with van der Waals surface area (Å²) in [7, 11) is 2.03. The van der Waals surface area contributed by atoms with Crippen LogP contribution in [0.1, 0.15) is 10.4 Å². The molecule has 1 aromatic rings. The number of halogens is 5. The second-order valence-corrected chi connectivity index (χ2v) is 6.57. The summed E-state index contributed by atoms with van der Waals surface area (Å²) in [6, 6.07) is 3.27. The predicted molar refractivity (Wildman–Crippen MR) is 86.7 cm³/mol. The zero-order chi connectivity index (χ0) is 21.1. The van der Waals surface area contributed by atoms with Crippen LogP contribution in [0, 0.1) is 17.6 Å². The van der Waals surface area contributed by atoms with E-state index in [1.54, 1.807) is 4.90 Å². The third-order valence-corrected chi connectivity index (χ3v) is 4.43. The Morgan fingerprint density at radius 3 is 2.36 bits per heavy atom. The predicted octanol–water partition coefficient (Wildman–Crippen LogP) is 2.00. The zero-order valence-electron chi connectivity index (χ0n) is 14.9. The minimum Gasteiger partial charge on any atom is -0.475 e. The third kappa shape index (κ3) is 5.61. The van der Waals surface area contributed by atoms with Crippen molar-refractivity contribution in [3.05, 3.63) is 35.4 Å². The number of nitrogens with zero attached hydrogens (tertiary/aromatic N) is 2. The van der Waals surface area contributed by atoms with E-state index in [1.165, 1.54) is 6.07 Å². The number of rotatable bonds is 1. The summed E-state index contributed by atoms with van der Waals surface area (Å²) in [5.41, 5.74) is 0.179. The van der Waals surface area contributed by atoms with Crippen molar-refractivity contribution in [1.82, 2.24) is 9.80 Å². The molecule has 2 aliphatic rings. The molecule has 2 saturated heterocycles. The maximum absolute atomic E-state index is 13.3. The summed E-state index contributed by atoms with van der Waals surface area (Å²) in [4.78, 5) is 25.1. The largest absolute Gasteiger partial charge is 0.490 e. The Balaban J connectivity index is 0.000000345. The van der Waals surface area contributed by atoms with Gasteiger partial charge >= 0.3 is 12.1 Å². The first-order chi connectivity index (χ1) is 13.0. The Hall–Kier alpha value is -2.27. The third-order valence-electron chi connectivity index (χ3n) is 4.43. The van der Waals surface area contributed by atoms with Crippen LogP contribution in [0.3, 0.4) is 0 Å². The normalized spacial score (nSPS) is 22.7. The zero-order valence-corrected chi connectivity index (χ0v) is 14.9. The molecule has 6 nitrogen and oxygen atoms in total. The lowest BCUT2D eigenvalue weighted by Crippen LogP contribution is -2.32. The van der Waals surface area contributed by atoms with Crippen molar-refractivity contribution in [2.45, 2.75) is 12.3 Å². The molecule has 2 heterocycles. The number of carboxylic acid groups (broad SMARTS) is 1. The number of carbonyl (C=O) groups excluding carboxylic acids is 1. The highest BCUT2D eigenvalue weighted by Crippen LogP contribution is 2.25. The van der Waals surface area contributed by atoms with E-state index in [0.717, 1.165) is 25.2 Å². The van der Waals surface area contributed by atoms with Gasteiger partial charge in [0.05, 0.1) is 12.7 Å². The summed E-state index contributed by atoms with van der Waals surface area (Å²) in [5.74, 6) is -4.69. The van der Waals surface area contributed by atoms with Gasteiger partial charge in [0.1, 0.15) is 0 Å². The lowest BCUT2D eigenvalue weighted by Gasteiger charge is -2.19. The van der Waals surface area contributed by atoms with E-state index < -0.39 is 23.8 Å². The monoisotopic (exact) mass is 410 g/mol. The number of likely N-dealkylation sites (N-methyl/N-ethyl adjacent to an activating group) is 1. The molecule has 0 spiro atoms. The molecular formula is C17H19F5N2O4. The summed E-state index contributed by atoms with van der Waals surface area (Å²) in [5, 5.41) is 7.12. The minimum absolute atomic E-state index is 0.0317. The molecule has 0 aromatic heterocycles. The van der Waals surface area contributed by atoms with Gasteiger partial charge in [-0.2, -0.15) is 13.2 Å². The number of carbonyl (C=O) groups is 2. The number of hydrogen-bond acceptors (Lipinski definition) is 4. The highest BCUT2D eigenvalue weighted by Gasteiger charge is 2.39. The number of hydrogen-bond donors (Lipinski definition) is 1. The smallest absolute Gasteiger partial charge is 0.475 e. The molecule has 3 rings (SSSR count). The molecule has 0 bridgehead atoms. The average molecular weight is 410 g/mol. The van der Waals surface area contributed by atoms with Crippen molar-refractivity contribution in [2.24, 2.45) is 5.92 Å². The van der Waals surface area contributed by atoms with Crippen molar-refractivity contribution in [1.29, 1.82) is 0 Å². The van der Waals surface area contributed by atoms with E-state index in [1.807, 2.05) is 7.05 Å². The fourth-order valence-corrected chi connectivity index (χ4v) is 3.03. The van der Waals surface area contributed by atoms with Crippen LogP contribution in [0.25, 0.3) is 0 Å². The van der Waals surface area contributed by atoms with Crippen LogP contribution < -0.4 is 0 Å². The number of amides is 1. The molecule has 2 aliphatic heterocycles. The Bertz CT molecular complexity index is 728. The average Bonchev–Trinajstić information content (AvgIpc) is 2.90. The molecule has 1 N–H and O–H groups in total. The first-order valence-corrected chi connectivity index (χ1v) is 8.33. The van der Waals surface area contributed by atoms with E-state index in [2.05, 4.69) is 4.90 Å².